The maximum atomic E-state index is 5.81. The first-order chi connectivity index (χ1) is 10.1. The van der Waals surface area contributed by atoms with Crippen molar-refractivity contribution in [3.05, 3.63) is 23.7 Å². The molecule has 0 saturated heterocycles. The summed E-state index contributed by atoms with van der Waals surface area (Å²) in [5.41, 5.74) is 1.23. The molecule has 1 aliphatic rings. The highest BCUT2D eigenvalue weighted by Gasteiger charge is 2.21. The molecule has 0 unspecified atom stereocenters. The molecule has 0 atom stereocenters. The van der Waals surface area contributed by atoms with E-state index in [4.69, 9.17) is 9.15 Å². The van der Waals surface area contributed by atoms with Gasteiger partial charge in [-0.05, 0) is 46.6 Å². The fourth-order valence-corrected chi connectivity index (χ4v) is 2.64. The predicted octanol–water partition coefficient (Wildman–Crippen LogP) is 3.17. The van der Waals surface area contributed by atoms with Crippen LogP contribution in [0.15, 0.2) is 16.7 Å². The first-order valence-corrected chi connectivity index (χ1v) is 8.20. The zero-order valence-electron chi connectivity index (χ0n) is 13.9. The summed E-state index contributed by atoms with van der Waals surface area (Å²) in [5, 5.41) is 3.51. The van der Waals surface area contributed by atoms with E-state index < -0.39 is 0 Å². The first kappa shape index (κ1) is 16.5. The Morgan fingerprint density at radius 3 is 2.62 bits per heavy atom. The van der Waals surface area contributed by atoms with Crippen molar-refractivity contribution in [2.45, 2.75) is 71.8 Å². The van der Waals surface area contributed by atoms with Crippen LogP contribution in [-0.2, 0) is 17.9 Å². The molecule has 1 saturated carbocycles. The van der Waals surface area contributed by atoms with Gasteiger partial charge in [-0.1, -0.05) is 0 Å². The number of ether oxygens (including phenoxy) is 1. The number of rotatable bonds is 10. The molecule has 1 aromatic heterocycles. The van der Waals surface area contributed by atoms with Crippen LogP contribution in [0.2, 0.25) is 0 Å². The quantitative estimate of drug-likeness (QED) is 0.673. The molecular formula is C17H30N2O2. The summed E-state index contributed by atoms with van der Waals surface area (Å²) >= 11 is 0. The van der Waals surface area contributed by atoms with Crippen molar-refractivity contribution >= 4 is 0 Å². The Morgan fingerprint density at radius 2 is 2.00 bits per heavy atom. The number of nitrogens with one attached hydrogen (secondary N) is 1. The Labute approximate surface area is 128 Å². The number of hydrogen-bond acceptors (Lipinski definition) is 4. The summed E-state index contributed by atoms with van der Waals surface area (Å²) in [5.74, 6) is 0.962. The summed E-state index contributed by atoms with van der Waals surface area (Å²) in [6.45, 7) is 12.1. The fourth-order valence-electron chi connectivity index (χ4n) is 2.64. The summed E-state index contributed by atoms with van der Waals surface area (Å²) in [6, 6.07) is 3.87. The highest BCUT2D eigenvalue weighted by Crippen LogP contribution is 2.20. The van der Waals surface area contributed by atoms with Gasteiger partial charge in [-0.15, -0.1) is 0 Å². The Kier molecular flexibility index (Phi) is 6.27. The van der Waals surface area contributed by atoms with Gasteiger partial charge in [0.2, 0.25) is 0 Å². The molecule has 1 fully saturated rings. The maximum Gasteiger partial charge on any atom is 0.133 e. The zero-order chi connectivity index (χ0) is 15.2. The third kappa shape index (κ3) is 5.46. The second-order valence-corrected chi connectivity index (χ2v) is 6.50. The van der Waals surface area contributed by atoms with Gasteiger partial charge in [-0.3, -0.25) is 4.90 Å². The lowest BCUT2D eigenvalue weighted by atomic mass is 10.2. The third-order valence-corrected chi connectivity index (χ3v) is 4.05. The molecule has 0 bridgehead atoms. The van der Waals surface area contributed by atoms with Crippen molar-refractivity contribution in [1.82, 2.24) is 10.2 Å². The lowest BCUT2D eigenvalue weighted by Crippen LogP contribution is -2.39. The molecule has 2 rings (SSSR count). The van der Waals surface area contributed by atoms with Crippen LogP contribution < -0.4 is 5.32 Å². The van der Waals surface area contributed by atoms with Crippen LogP contribution in [0.3, 0.4) is 0 Å². The summed E-state index contributed by atoms with van der Waals surface area (Å²) < 4.78 is 11.3. The van der Waals surface area contributed by atoms with E-state index in [1.165, 1.54) is 18.4 Å². The van der Waals surface area contributed by atoms with Gasteiger partial charge < -0.3 is 14.5 Å². The van der Waals surface area contributed by atoms with E-state index in [2.05, 4.69) is 37.9 Å². The van der Waals surface area contributed by atoms with Gasteiger partial charge in [0.05, 0.1) is 12.9 Å². The second kappa shape index (κ2) is 7.97. The van der Waals surface area contributed by atoms with E-state index in [0.29, 0.717) is 18.7 Å². The molecule has 0 radical (unpaired) electrons. The number of furan rings is 1. The molecule has 4 nitrogen and oxygen atoms in total. The van der Waals surface area contributed by atoms with E-state index in [9.17, 15) is 0 Å². The average molecular weight is 294 g/mol. The van der Waals surface area contributed by atoms with Crippen LogP contribution in [0.25, 0.3) is 0 Å². The lowest BCUT2D eigenvalue weighted by molar-refractivity contribution is 0.0616. The molecule has 0 aromatic carbocycles. The highest BCUT2D eigenvalue weighted by molar-refractivity contribution is 5.16. The van der Waals surface area contributed by atoms with Gasteiger partial charge in [0, 0.05) is 36.8 Å². The molecule has 0 aliphatic heterocycles. The van der Waals surface area contributed by atoms with E-state index in [-0.39, 0.29) is 0 Å². The second-order valence-electron chi connectivity index (χ2n) is 6.50. The maximum absolute atomic E-state index is 5.81. The Bertz CT molecular complexity index is 403. The highest BCUT2D eigenvalue weighted by atomic mass is 16.5. The Morgan fingerprint density at radius 1 is 1.29 bits per heavy atom. The monoisotopic (exact) mass is 294 g/mol. The van der Waals surface area contributed by atoms with Crippen molar-refractivity contribution in [3.63, 3.8) is 0 Å². The van der Waals surface area contributed by atoms with Crippen LogP contribution in [-0.4, -0.2) is 36.2 Å². The van der Waals surface area contributed by atoms with Gasteiger partial charge in [0.1, 0.15) is 12.4 Å². The summed E-state index contributed by atoms with van der Waals surface area (Å²) in [4.78, 5) is 2.44. The third-order valence-electron chi connectivity index (χ3n) is 4.05. The minimum Gasteiger partial charge on any atom is -0.467 e. The van der Waals surface area contributed by atoms with Gasteiger partial charge in [0.25, 0.3) is 0 Å². The minimum atomic E-state index is 0.551. The van der Waals surface area contributed by atoms with Crippen LogP contribution in [0.4, 0.5) is 0 Å². The van der Waals surface area contributed by atoms with Gasteiger partial charge in [-0.2, -0.15) is 0 Å². The summed E-state index contributed by atoms with van der Waals surface area (Å²) in [6.07, 6.45) is 4.38. The van der Waals surface area contributed by atoms with Crippen LogP contribution in [0.1, 0.15) is 51.9 Å². The van der Waals surface area contributed by atoms with E-state index >= 15 is 0 Å². The molecule has 1 heterocycles. The summed E-state index contributed by atoms with van der Waals surface area (Å²) in [7, 11) is 0. The molecule has 0 spiro atoms. The molecule has 21 heavy (non-hydrogen) atoms. The van der Waals surface area contributed by atoms with E-state index in [0.717, 1.165) is 31.5 Å². The Balaban J connectivity index is 1.69. The molecular weight excluding hydrogens is 264 g/mol. The largest absolute Gasteiger partial charge is 0.467 e. The standard InChI is InChI=1S/C17H30N2O2/c1-13(2)19(14(3)4)8-10-20-12-17-15(7-9-21-17)11-18-16-5-6-16/h7,9,13-14,16,18H,5-6,8,10-12H2,1-4H3. The molecule has 4 heteroatoms. The molecule has 0 amide bonds. The Hall–Kier alpha value is -0.840. The predicted molar refractivity (Wildman–Crippen MR) is 85.2 cm³/mol. The zero-order valence-corrected chi connectivity index (χ0v) is 13.9. The van der Waals surface area contributed by atoms with Crippen molar-refractivity contribution in [2.75, 3.05) is 13.2 Å². The minimum absolute atomic E-state index is 0.551. The van der Waals surface area contributed by atoms with Gasteiger partial charge in [-0.25, -0.2) is 0 Å². The van der Waals surface area contributed by atoms with Crippen molar-refractivity contribution in [3.8, 4) is 0 Å². The number of hydrogen-bond donors (Lipinski definition) is 1. The molecule has 1 aromatic rings. The van der Waals surface area contributed by atoms with E-state index in [1.807, 2.05) is 6.07 Å². The van der Waals surface area contributed by atoms with Crippen LogP contribution >= 0.6 is 0 Å². The smallest absolute Gasteiger partial charge is 0.133 e. The van der Waals surface area contributed by atoms with E-state index in [1.54, 1.807) is 6.26 Å². The van der Waals surface area contributed by atoms with Crippen molar-refractivity contribution < 1.29 is 9.15 Å². The van der Waals surface area contributed by atoms with Gasteiger partial charge >= 0.3 is 0 Å². The normalized spacial score (nSPS) is 15.6. The molecule has 1 N–H and O–H groups in total. The molecule has 120 valence electrons. The van der Waals surface area contributed by atoms with Gasteiger partial charge in [0.15, 0.2) is 0 Å². The first-order valence-electron chi connectivity index (χ1n) is 8.20. The van der Waals surface area contributed by atoms with Crippen LogP contribution in [0.5, 0.6) is 0 Å². The lowest BCUT2D eigenvalue weighted by Gasteiger charge is -2.30. The van der Waals surface area contributed by atoms with Crippen molar-refractivity contribution in [2.24, 2.45) is 0 Å². The SMILES string of the molecule is CC(C)N(CCOCc1occc1CNC1CC1)C(C)C. The molecule has 1 aliphatic carbocycles. The topological polar surface area (TPSA) is 37.6 Å². The number of nitrogens with zero attached hydrogens (tertiary/aromatic N) is 1. The van der Waals surface area contributed by atoms with Crippen LogP contribution in [0, 0.1) is 0 Å². The fraction of sp³-hybridized carbons (Fsp3) is 0.765. The van der Waals surface area contributed by atoms with Crippen molar-refractivity contribution in [1.29, 1.82) is 0 Å². The average Bonchev–Trinajstić information content (AvgIpc) is 3.14.